The van der Waals surface area contributed by atoms with Crippen LogP contribution in [0.1, 0.15) is 63.8 Å². The summed E-state index contributed by atoms with van der Waals surface area (Å²) < 4.78 is 21.5. The Hall–Kier alpha value is -5.06. The van der Waals surface area contributed by atoms with Crippen molar-refractivity contribution in [3.63, 3.8) is 0 Å². The van der Waals surface area contributed by atoms with Gasteiger partial charge >= 0.3 is 11.8 Å². The number of carbonyl (C=O) groups excluding carboxylic acids is 2. The Bertz CT molecular complexity index is 1560. The molecule has 4 aromatic rings. The molecule has 0 radical (unpaired) electrons. The predicted molar refractivity (Wildman–Crippen MR) is 201 cm³/mol. The number of aliphatic hydroxyl groups is 2. The lowest BCUT2D eigenvalue weighted by Crippen LogP contribution is -2.63. The van der Waals surface area contributed by atoms with Crippen molar-refractivity contribution in [3.05, 3.63) is 119 Å². The van der Waals surface area contributed by atoms with Crippen LogP contribution in [0.25, 0.3) is 0 Å². The molecular formula is C42H52N2O8. The van der Waals surface area contributed by atoms with Gasteiger partial charge in [0.2, 0.25) is 0 Å². The van der Waals surface area contributed by atoms with Crippen LogP contribution in [-0.2, 0) is 20.8 Å². The van der Waals surface area contributed by atoms with Crippen LogP contribution in [0.15, 0.2) is 97.1 Å². The molecule has 0 aliphatic rings. The van der Waals surface area contributed by atoms with E-state index in [9.17, 15) is 19.8 Å². The second kappa shape index (κ2) is 15.7. The topological polar surface area (TPSA) is 136 Å². The maximum Gasteiger partial charge on any atom is 0.309 e. The van der Waals surface area contributed by atoms with E-state index >= 15 is 0 Å². The van der Waals surface area contributed by atoms with Gasteiger partial charge in [-0.3, -0.25) is 9.59 Å². The van der Waals surface area contributed by atoms with E-state index in [2.05, 4.69) is 10.6 Å². The molecule has 278 valence electrons. The van der Waals surface area contributed by atoms with Gasteiger partial charge in [0.25, 0.3) is 0 Å². The number of carbonyl (C=O) groups is 2. The first-order valence-electron chi connectivity index (χ1n) is 17.1. The Kier molecular flexibility index (Phi) is 12.0. The third-order valence-electron chi connectivity index (χ3n) is 9.45. The van der Waals surface area contributed by atoms with Crippen molar-refractivity contribution in [2.45, 2.75) is 64.8 Å². The quantitative estimate of drug-likeness (QED) is 0.132. The summed E-state index contributed by atoms with van der Waals surface area (Å²) in [5, 5.41) is 31.5. The van der Waals surface area contributed by atoms with Crippen molar-refractivity contribution in [3.8, 4) is 23.0 Å². The van der Waals surface area contributed by atoms with Crippen molar-refractivity contribution in [2.24, 2.45) is 10.8 Å². The molecule has 0 aliphatic heterocycles. The molecule has 0 unspecified atom stereocenters. The second-order valence-electron chi connectivity index (χ2n) is 15.0. The van der Waals surface area contributed by atoms with Crippen molar-refractivity contribution >= 4 is 11.8 Å². The van der Waals surface area contributed by atoms with Crippen LogP contribution < -0.4 is 29.6 Å². The second-order valence-corrected chi connectivity index (χ2v) is 15.0. The van der Waals surface area contributed by atoms with Crippen molar-refractivity contribution < 1.29 is 38.7 Å². The number of hydrogen-bond acceptors (Lipinski definition) is 8. The van der Waals surface area contributed by atoms with Crippen molar-refractivity contribution in [1.82, 2.24) is 10.6 Å². The average Bonchev–Trinajstić information content (AvgIpc) is 3.14. The number of rotatable bonds is 12. The largest absolute Gasteiger partial charge is 0.497 e. The summed E-state index contributed by atoms with van der Waals surface area (Å²) in [6.45, 7) is 11.2. The van der Waals surface area contributed by atoms with Gasteiger partial charge in [0, 0.05) is 0 Å². The SMILES string of the molecule is COc1ccc(C(O)(c2ccc(OC)cc2)[C@H](NC(=O)C(=O)N[C@H](C(C)(C)C)C(O)(c2ccc(OC)cc2)c2ccc(OC)cc2)C(C)(C)C)cc1. The minimum atomic E-state index is -1.82. The van der Waals surface area contributed by atoms with E-state index in [0.717, 1.165) is 0 Å². The van der Waals surface area contributed by atoms with Crippen LogP contribution in [0.2, 0.25) is 0 Å². The lowest BCUT2D eigenvalue weighted by molar-refractivity contribution is -0.144. The molecule has 0 spiro atoms. The maximum atomic E-state index is 14.2. The first-order valence-corrected chi connectivity index (χ1v) is 17.1. The molecule has 4 aromatic carbocycles. The molecule has 4 N–H and O–H groups in total. The standard InChI is InChI=1S/C42H52N2O8/c1-39(2,3)37(41(47,27-11-19-31(49-7)20-12-27)28-13-21-32(50-8)22-14-28)43-35(45)36(46)44-38(40(4,5)6)42(48,29-15-23-33(51-9)24-16-29)30-17-25-34(52-10)26-18-30/h11-26,37-38,47-48H,1-10H3,(H,43,45)(H,44,46)/t37-,38-/m1/s1. The normalized spacial score (nSPS) is 13.4. The third kappa shape index (κ3) is 8.19. The van der Waals surface area contributed by atoms with E-state index in [1.54, 1.807) is 126 Å². The molecule has 52 heavy (non-hydrogen) atoms. The van der Waals surface area contributed by atoms with Crippen LogP contribution in [0.4, 0.5) is 0 Å². The number of hydrogen-bond donors (Lipinski definition) is 4. The van der Waals surface area contributed by atoms with E-state index in [1.807, 2.05) is 41.5 Å². The minimum absolute atomic E-state index is 0.472. The van der Waals surface area contributed by atoms with Crippen LogP contribution in [0, 0.1) is 10.8 Å². The highest BCUT2D eigenvalue weighted by Gasteiger charge is 2.50. The Morgan fingerprint density at radius 2 is 0.635 bits per heavy atom. The van der Waals surface area contributed by atoms with Crippen LogP contribution in [-0.4, -0.2) is 62.6 Å². The zero-order valence-corrected chi connectivity index (χ0v) is 31.7. The smallest absolute Gasteiger partial charge is 0.309 e. The van der Waals surface area contributed by atoms with Crippen LogP contribution in [0.3, 0.4) is 0 Å². The lowest BCUT2D eigenvalue weighted by atomic mass is 9.69. The fourth-order valence-corrected chi connectivity index (χ4v) is 6.67. The van der Waals surface area contributed by atoms with E-state index in [4.69, 9.17) is 18.9 Å². The zero-order valence-electron chi connectivity index (χ0n) is 31.7. The van der Waals surface area contributed by atoms with E-state index < -0.39 is 45.9 Å². The van der Waals surface area contributed by atoms with Gasteiger partial charge in [-0.25, -0.2) is 0 Å². The maximum absolute atomic E-state index is 14.2. The fourth-order valence-electron chi connectivity index (χ4n) is 6.67. The van der Waals surface area contributed by atoms with Gasteiger partial charge in [0.05, 0.1) is 40.5 Å². The van der Waals surface area contributed by atoms with Gasteiger partial charge in [0.1, 0.15) is 34.2 Å². The molecule has 0 saturated carbocycles. The highest BCUT2D eigenvalue weighted by atomic mass is 16.5. The van der Waals surface area contributed by atoms with Gasteiger partial charge in [-0.2, -0.15) is 0 Å². The molecule has 0 aromatic heterocycles. The predicted octanol–water partition coefficient (Wildman–Crippen LogP) is 5.95. The number of nitrogens with one attached hydrogen (secondary N) is 2. The monoisotopic (exact) mass is 712 g/mol. The van der Waals surface area contributed by atoms with Gasteiger partial charge in [-0.05, 0) is 81.6 Å². The highest BCUT2D eigenvalue weighted by molar-refractivity contribution is 6.35. The summed E-state index contributed by atoms with van der Waals surface area (Å²) in [7, 11) is 6.21. The minimum Gasteiger partial charge on any atom is -0.497 e. The van der Waals surface area contributed by atoms with Gasteiger partial charge in [-0.15, -0.1) is 0 Å². The lowest BCUT2D eigenvalue weighted by Gasteiger charge is -2.46. The van der Waals surface area contributed by atoms with Gasteiger partial charge in [-0.1, -0.05) is 90.1 Å². The summed E-state index contributed by atoms with van der Waals surface area (Å²) in [4.78, 5) is 28.3. The Balaban J connectivity index is 1.79. The van der Waals surface area contributed by atoms with Crippen molar-refractivity contribution in [1.29, 1.82) is 0 Å². The van der Waals surface area contributed by atoms with Crippen LogP contribution >= 0.6 is 0 Å². The summed E-state index contributed by atoms with van der Waals surface area (Å²) in [6.07, 6.45) is 0. The summed E-state index contributed by atoms with van der Waals surface area (Å²) in [5.74, 6) is 0.386. The molecule has 0 bridgehead atoms. The van der Waals surface area contributed by atoms with E-state index in [-0.39, 0.29) is 0 Å². The Morgan fingerprint density at radius 3 is 0.788 bits per heavy atom. The van der Waals surface area contributed by atoms with Crippen molar-refractivity contribution in [2.75, 3.05) is 28.4 Å². The molecule has 10 heteroatoms. The molecule has 4 rings (SSSR count). The molecule has 0 saturated heterocycles. The summed E-state index contributed by atoms with van der Waals surface area (Å²) >= 11 is 0. The third-order valence-corrected chi connectivity index (χ3v) is 9.45. The first kappa shape index (κ1) is 39.7. The number of methoxy groups -OCH3 is 4. The van der Waals surface area contributed by atoms with E-state index in [1.165, 1.54) is 0 Å². The average molecular weight is 713 g/mol. The molecule has 10 nitrogen and oxygen atoms in total. The van der Waals surface area contributed by atoms with Gasteiger partial charge < -0.3 is 39.8 Å². The molecule has 0 fully saturated rings. The zero-order chi connectivity index (χ0) is 38.5. The highest BCUT2D eigenvalue weighted by Crippen LogP contribution is 2.43. The summed E-state index contributed by atoms with van der Waals surface area (Å²) in [5.41, 5.74) is -3.33. The molecule has 0 aliphatic carbocycles. The number of ether oxygens (including phenoxy) is 4. The van der Waals surface area contributed by atoms with Gasteiger partial charge in [0.15, 0.2) is 0 Å². The molecule has 2 amide bonds. The molecular weight excluding hydrogens is 660 g/mol. The number of benzene rings is 4. The van der Waals surface area contributed by atoms with E-state index in [0.29, 0.717) is 45.3 Å². The molecule has 2 atom stereocenters. The summed E-state index contributed by atoms with van der Waals surface area (Å²) in [6, 6.07) is 25.6. The molecule has 0 heterocycles. The Morgan fingerprint density at radius 1 is 0.442 bits per heavy atom. The first-order chi connectivity index (χ1) is 24.4. The van der Waals surface area contributed by atoms with Crippen LogP contribution in [0.5, 0.6) is 23.0 Å². The fraction of sp³-hybridized carbons (Fsp3) is 0.381. The Labute approximate surface area is 307 Å². The number of amides is 2.